The fraction of sp³-hybridized carbons (Fsp3) is 0.625. The van der Waals surface area contributed by atoms with Crippen molar-refractivity contribution in [2.45, 2.75) is 94.8 Å². The van der Waals surface area contributed by atoms with Crippen LogP contribution in [-0.2, 0) is 0 Å². The highest BCUT2D eigenvalue weighted by Crippen LogP contribution is 2.69. The third-order valence-corrected chi connectivity index (χ3v) is 15.3. The first kappa shape index (κ1) is 42.6. The normalized spacial score (nSPS) is 37.5. The van der Waals surface area contributed by atoms with Crippen LogP contribution < -0.4 is 16.8 Å². The predicted molar refractivity (Wildman–Crippen MR) is 225 cm³/mol. The van der Waals surface area contributed by atoms with E-state index in [0.717, 1.165) is 0 Å². The summed E-state index contributed by atoms with van der Waals surface area (Å²) in [5.74, 6) is 2.96. The molecular formula is C40H53N15O9. The van der Waals surface area contributed by atoms with E-state index in [0.29, 0.717) is 87.7 Å². The fourth-order valence-electron chi connectivity index (χ4n) is 11.6. The van der Waals surface area contributed by atoms with Crippen molar-refractivity contribution in [3.05, 3.63) is 36.5 Å². The minimum atomic E-state index is -0.954. The highest BCUT2D eigenvalue weighted by molar-refractivity contribution is 5.84. The van der Waals surface area contributed by atoms with Gasteiger partial charge in [-0.3, -0.25) is 0 Å². The lowest BCUT2D eigenvalue weighted by Crippen LogP contribution is -2.35. The Morgan fingerprint density at radius 3 is 1.16 bits per heavy atom. The Kier molecular flexibility index (Phi) is 9.72. The van der Waals surface area contributed by atoms with Gasteiger partial charge in [0.25, 0.3) is 0 Å². The maximum absolute atomic E-state index is 10.4. The number of fused-ring (bicyclic) bond motifs is 6. The highest BCUT2D eigenvalue weighted by atomic mass is 16.3. The molecule has 6 aliphatic rings. The molecule has 6 aromatic rings. The number of nitrogens with zero attached hydrogens (tertiary/aromatic N) is 12. The van der Waals surface area contributed by atoms with E-state index < -0.39 is 52.9 Å². The molecule has 342 valence electrons. The number of anilines is 3. The van der Waals surface area contributed by atoms with Crippen LogP contribution in [0.25, 0.3) is 33.5 Å². The number of nitrogens with two attached hydrogens (primary N) is 2. The van der Waals surface area contributed by atoms with E-state index in [1.165, 1.54) is 0 Å². The Morgan fingerprint density at radius 1 is 0.531 bits per heavy atom. The molecule has 12 rings (SSSR count). The number of nitrogen functional groups attached to an aromatic ring is 2. The van der Waals surface area contributed by atoms with Crippen molar-refractivity contribution in [3.8, 4) is 0 Å². The Morgan fingerprint density at radius 2 is 0.844 bits per heavy atom. The number of hydrogen-bond acceptors (Lipinski definition) is 21. The van der Waals surface area contributed by atoms with Gasteiger partial charge in [0.15, 0.2) is 34.4 Å². The standard InChI is InChI=1S/C14H19N5O3.2C13H17N5O3/c1-6-17-12(15-2)8-13(18-6)19(5-16-8)9-7-3-14(7,4-20)11(22)10(9)21;2*1-5-16-11(14)7-12(17-5)18(4-15-7)8-6-2-13(6,3-19)10(21)9(8)20/h5,7,9-11,20-22H,3-4H2,1-2H3,(H,15,17,18);2*4,6,8-10,19-21H,2-3H2,1H3,(H2,14,16,17). The lowest BCUT2D eigenvalue weighted by molar-refractivity contribution is -0.0301. The van der Waals surface area contributed by atoms with Gasteiger partial charge < -0.3 is 76.4 Å². The maximum atomic E-state index is 10.4. The number of hydrogen-bond donors (Lipinski definition) is 12. The molecule has 0 aromatic carbocycles. The largest absolute Gasteiger partial charge is 0.396 e. The molecule has 6 heterocycles. The Hall–Kier alpha value is -5.31. The Bertz CT molecular complexity index is 2680. The summed E-state index contributed by atoms with van der Waals surface area (Å²) >= 11 is 0. The first-order valence-electron chi connectivity index (χ1n) is 21.3. The summed E-state index contributed by atoms with van der Waals surface area (Å²) in [7, 11) is 1.77. The quantitative estimate of drug-likeness (QED) is 0.0784. The summed E-state index contributed by atoms with van der Waals surface area (Å²) in [6.45, 7) is 4.90. The van der Waals surface area contributed by atoms with Gasteiger partial charge in [-0.05, 0) is 57.8 Å². The lowest BCUT2D eigenvalue weighted by atomic mass is 10.0. The molecule has 0 saturated heterocycles. The van der Waals surface area contributed by atoms with Crippen LogP contribution in [0.3, 0.4) is 0 Å². The summed E-state index contributed by atoms with van der Waals surface area (Å²) in [4.78, 5) is 38.4. The van der Waals surface area contributed by atoms with Crippen molar-refractivity contribution in [2.24, 2.45) is 34.0 Å². The van der Waals surface area contributed by atoms with Gasteiger partial charge in [0.1, 0.15) is 52.3 Å². The van der Waals surface area contributed by atoms with Gasteiger partial charge in [-0.25, -0.2) is 44.9 Å². The number of aryl methyl sites for hydroxylation is 3. The van der Waals surface area contributed by atoms with Gasteiger partial charge in [0.05, 0.1) is 75.2 Å². The first-order chi connectivity index (χ1) is 30.5. The Balaban J connectivity index is 0.000000114. The smallest absolute Gasteiger partial charge is 0.166 e. The zero-order valence-corrected chi connectivity index (χ0v) is 35.4. The van der Waals surface area contributed by atoms with Crippen LogP contribution in [0, 0.1) is 54.8 Å². The van der Waals surface area contributed by atoms with Gasteiger partial charge in [0, 0.05) is 23.3 Å². The monoisotopic (exact) mass is 887 g/mol. The van der Waals surface area contributed by atoms with Crippen LogP contribution in [0.4, 0.5) is 17.5 Å². The van der Waals surface area contributed by atoms with E-state index in [1.807, 2.05) is 4.57 Å². The van der Waals surface area contributed by atoms with Crippen molar-refractivity contribution in [2.75, 3.05) is 43.7 Å². The second kappa shape index (κ2) is 14.6. The van der Waals surface area contributed by atoms with Crippen molar-refractivity contribution in [1.29, 1.82) is 0 Å². The van der Waals surface area contributed by atoms with E-state index in [4.69, 9.17) is 11.5 Å². The molecule has 6 fully saturated rings. The first-order valence-corrected chi connectivity index (χ1v) is 21.3. The molecule has 6 aliphatic carbocycles. The topological polar surface area (TPSA) is 377 Å². The summed E-state index contributed by atoms with van der Waals surface area (Å²) < 4.78 is 5.32. The molecule has 64 heavy (non-hydrogen) atoms. The molecule has 0 spiro atoms. The summed E-state index contributed by atoms with van der Waals surface area (Å²) in [5, 5.41) is 93.4. The molecule has 6 saturated carbocycles. The van der Waals surface area contributed by atoms with Crippen LogP contribution in [0.15, 0.2) is 19.0 Å². The van der Waals surface area contributed by atoms with E-state index in [2.05, 4.69) is 50.2 Å². The zero-order chi connectivity index (χ0) is 45.5. The summed E-state index contributed by atoms with van der Waals surface area (Å²) in [6, 6.07) is -1.04. The molecule has 0 radical (unpaired) electrons. The van der Waals surface area contributed by atoms with Gasteiger partial charge >= 0.3 is 0 Å². The van der Waals surface area contributed by atoms with Crippen LogP contribution in [0.2, 0.25) is 0 Å². The van der Waals surface area contributed by atoms with Crippen molar-refractivity contribution in [3.63, 3.8) is 0 Å². The molecule has 24 nitrogen and oxygen atoms in total. The van der Waals surface area contributed by atoms with Gasteiger partial charge in [-0.1, -0.05) is 0 Å². The molecule has 0 bridgehead atoms. The van der Waals surface area contributed by atoms with Gasteiger partial charge in [-0.15, -0.1) is 0 Å². The van der Waals surface area contributed by atoms with Crippen LogP contribution in [0.5, 0.6) is 0 Å². The number of rotatable bonds is 7. The molecular weight excluding hydrogens is 835 g/mol. The molecule has 24 heteroatoms. The average molecular weight is 888 g/mol. The minimum absolute atomic E-state index is 0.0152. The molecule has 14 N–H and O–H groups in total. The molecule has 15 atom stereocenters. The molecule has 0 amide bonds. The maximum Gasteiger partial charge on any atom is 0.166 e. The molecule has 0 aliphatic heterocycles. The van der Waals surface area contributed by atoms with Crippen molar-refractivity contribution >= 4 is 50.9 Å². The number of imidazole rings is 3. The highest BCUT2D eigenvalue weighted by Gasteiger charge is 2.73. The van der Waals surface area contributed by atoms with Crippen LogP contribution >= 0.6 is 0 Å². The number of aliphatic hydroxyl groups is 9. The second-order valence-corrected chi connectivity index (χ2v) is 18.5. The van der Waals surface area contributed by atoms with Crippen molar-refractivity contribution < 1.29 is 46.0 Å². The third-order valence-electron chi connectivity index (χ3n) is 15.3. The second-order valence-electron chi connectivity index (χ2n) is 18.5. The van der Waals surface area contributed by atoms with Crippen LogP contribution in [-0.4, -0.2) is 168 Å². The average Bonchev–Trinajstić information content (AvgIpc) is 4.14. The Labute approximate surface area is 363 Å². The van der Waals surface area contributed by atoms with Gasteiger partial charge in [0.2, 0.25) is 0 Å². The number of nitrogens with one attached hydrogen (secondary N) is 1. The van der Waals surface area contributed by atoms with E-state index >= 15 is 0 Å². The van der Waals surface area contributed by atoms with E-state index in [1.54, 1.807) is 55.9 Å². The predicted octanol–water partition coefficient (Wildman–Crippen LogP) is -2.56. The molecule has 6 aromatic heterocycles. The SMILES string of the molecule is CNc1nc(C)nc2c1ncn2C1C(O)C(O)C2(CO)CC12.Cc1nc(N)c2ncn(C3C(O)C(O)C4(CO)CC34)c2n1.Cc1nc(N)c2ncn(C3C(O)C(O)C4(CO)CC34)c2n1. The van der Waals surface area contributed by atoms with Crippen LogP contribution in [0.1, 0.15) is 54.9 Å². The van der Waals surface area contributed by atoms with Crippen molar-refractivity contribution in [1.82, 2.24) is 58.6 Å². The third kappa shape index (κ3) is 5.83. The zero-order valence-electron chi connectivity index (χ0n) is 35.4. The lowest BCUT2D eigenvalue weighted by Gasteiger charge is -2.23. The number of aliphatic hydroxyl groups excluding tert-OH is 9. The fourth-order valence-corrected chi connectivity index (χ4v) is 11.6. The molecule has 15 unspecified atom stereocenters. The number of aromatic nitrogens is 12. The summed E-state index contributed by atoms with van der Waals surface area (Å²) in [5.41, 5.74) is 13.3. The summed E-state index contributed by atoms with van der Waals surface area (Å²) in [6.07, 6.45) is 1.22. The minimum Gasteiger partial charge on any atom is -0.396 e. The van der Waals surface area contributed by atoms with Gasteiger partial charge in [-0.2, -0.15) is 0 Å². The van der Waals surface area contributed by atoms with E-state index in [9.17, 15) is 46.0 Å². The van der Waals surface area contributed by atoms with E-state index in [-0.39, 0.29) is 55.7 Å².